The molecular formula is C16H18FNO2S. The van der Waals surface area contributed by atoms with Gasteiger partial charge in [0.05, 0.1) is 16.3 Å². The summed E-state index contributed by atoms with van der Waals surface area (Å²) in [7, 11) is -3.59. The highest BCUT2D eigenvalue weighted by Gasteiger charge is 2.18. The average Bonchev–Trinajstić information content (AvgIpc) is 2.38. The molecule has 2 rings (SSSR count). The number of nitrogen functional groups attached to an aromatic ring is 1. The minimum Gasteiger partial charge on any atom is -0.398 e. The summed E-state index contributed by atoms with van der Waals surface area (Å²) < 4.78 is 37.7. The van der Waals surface area contributed by atoms with Crippen LogP contribution in [-0.4, -0.2) is 8.42 Å². The van der Waals surface area contributed by atoms with E-state index in [9.17, 15) is 12.8 Å². The van der Waals surface area contributed by atoms with Crippen LogP contribution in [0.1, 0.15) is 30.9 Å². The Balaban J connectivity index is 2.28. The molecule has 2 N–H and O–H groups in total. The van der Waals surface area contributed by atoms with Crippen LogP contribution in [-0.2, 0) is 15.6 Å². The van der Waals surface area contributed by atoms with E-state index >= 15 is 0 Å². The molecule has 0 radical (unpaired) electrons. The molecule has 0 aliphatic heterocycles. The fourth-order valence-corrected chi connectivity index (χ4v) is 3.58. The average molecular weight is 307 g/mol. The van der Waals surface area contributed by atoms with Crippen LogP contribution >= 0.6 is 0 Å². The predicted molar refractivity (Wildman–Crippen MR) is 82.2 cm³/mol. The van der Waals surface area contributed by atoms with Crippen LogP contribution in [0.15, 0.2) is 47.4 Å². The Morgan fingerprint density at radius 1 is 1.10 bits per heavy atom. The van der Waals surface area contributed by atoms with Crippen molar-refractivity contribution in [1.29, 1.82) is 0 Å². The molecule has 0 aromatic heterocycles. The van der Waals surface area contributed by atoms with Gasteiger partial charge in [0.1, 0.15) is 5.82 Å². The lowest BCUT2D eigenvalue weighted by Gasteiger charge is -2.09. The third kappa shape index (κ3) is 3.61. The van der Waals surface area contributed by atoms with Gasteiger partial charge in [0.25, 0.3) is 0 Å². The van der Waals surface area contributed by atoms with Crippen LogP contribution in [0.4, 0.5) is 10.1 Å². The maximum absolute atomic E-state index is 13.0. The highest BCUT2D eigenvalue weighted by Crippen LogP contribution is 2.24. The van der Waals surface area contributed by atoms with Crippen molar-refractivity contribution < 1.29 is 12.8 Å². The molecule has 0 aliphatic rings. The van der Waals surface area contributed by atoms with E-state index in [4.69, 9.17) is 5.73 Å². The molecule has 0 saturated carbocycles. The molecule has 0 aliphatic carbocycles. The second-order valence-corrected chi connectivity index (χ2v) is 7.30. The van der Waals surface area contributed by atoms with Crippen molar-refractivity contribution in [2.24, 2.45) is 0 Å². The first-order valence-corrected chi connectivity index (χ1v) is 8.31. The fourth-order valence-electron chi connectivity index (χ4n) is 2.10. The van der Waals surface area contributed by atoms with Crippen LogP contribution in [0.3, 0.4) is 0 Å². The minimum absolute atomic E-state index is 0.0307. The van der Waals surface area contributed by atoms with Crippen molar-refractivity contribution >= 4 is 15.5 Å². The minimum atomic E-state index is -3.59. The summed E-state index contributed by atoms with van der Waals surface area (Å²) in [6.07, 6.45) is 0. The Hall–Kier alpha value is -1.88. The number of nitrogens with two attached hydrogens (primary N) is 1. The molecule has 2 aromatic carbocycles. The van der Waals surface area contributed by atoms with E-state index in [0.717, 1.165) is 17.7 Å². The van der Waals surface area contributed by atoms with E-state index in [2.05, 4.69) is 13.8 Å². The normalized spacial score (nSPS) is 11.8. The van der Waals surface area contributed by atoms with Crippen molar-refractivity contribution in [3.05, 3.63) is 59.4 Å². The quantitative estimate of drug-likeness (QED) is 0.694. The molecule has 0 fully saturated rings. The van der Waals surface area contributed by atoms with Gasteiger partial charge in [-0.05, 0) is 35.2 Å². The summed E-state index contributed by atoms with van der Waals surface area (Å²) in [5.41, 5.74) is 7.38. The highest BCUT2D eigenvalue weighted by molar-refractivity contribution is 7.90. The van der Waals surface area contributed by atoms with Crippen LogP contribution in [0.5, 0.6) is 0 Å². The molecule has 0 bridgehead atoms. The molecule has 0 spiro atoms. The van der Waals surface area contributed by atoms with Gasteiger partial charge in [-0.3, -0.25) is 0 Å². The van der Waals surface area contributed by atoms with Gasteiger partial charge in [-0.25, -0.2) is 12.8 Å². The van der Waals surface area contributed by atoms with E-state index in [0.29, 0.717) is 11.5 Å². The third-order valence-electron chi connectivity index (χ3n) is 3.31. The van der Waals surface area contributed by atoms with Gasteiger partial charge in [-0.15, -0.1) is 0 Å². The van der Waals surface area contributed by atoms with Gasteiger partial charge >= 0.3 is 0 Å². The van der Waals surface area contributed by atoms with Gasteiger partial charge in [0.15, 0.2) is 9.84 Å². The summed E-state index contributed by atoms with van der Waals surface area (Å²) in [5.74, 6) is -0.308. The zero-order valence-corrected chi connectivity index (χ0v) is 12.8. The van der Waals surface area contributed by atoms with Crippen LogP contribution in [0, 0.1) is 5.82 Å². The number of benzene rings is 2. The van der Waals surface area contributed by atoms with E-state index in [1.807, 2.05) is 12.1 Å². The van der Waals surface area contributed by atoms with Crippen LogP contribution < -0.4 is 5.73 Å². The number of halogens is 1. The SMILES string of the molecule is CC(C)c1ccc(CS(=O)(=O)c2ccc(F)cc2N)cc1. The molecule has 112 valence electrons. The number of sulfone groups is 1. The molecule has 0 unspecified atom stereocenters. The Morgan fingerprint density at radius 2 is 1.71 bits per heavy atom. The first-order chi connectivity index (χ1) is 9.79. The van der Waals surface area contributed by atoms with E-state index in [1.54, 1.807) is 12.1 Å². The highest BCUT2D eigenvalue weighted by atomic mass is 32.2. The van der Waals surface area contributed by atoms with Crippen molar-refractivity contribution in [3.63, 3.8) is 0 Å². The fraction of sp³-hybridized carbons (Fsp3) is 0.250. The maximum Gasteiger partial charge on any atom is 0.184 e. The van der Waals surface area contributed by atoms with Gasteiger partial charge in [-0.1, -0.05) is 38.1 Å². The molecule has 0 atom stereocenters. The lowest BCUT2D eigenvalue weighted by atomic mass is 10.0. The molecule has 0 saturated heterocycles. The first-order valence-electron chi connectivity index (χ1n) is 6.66. The first kappa shape index (κ1) is 15.5. The Morgan fingerprint density at radius 3 is 2.24 bits per heavy atom. The van der Waals surface area contributed by atoms with Crippen LogP contribution in [0.25, 0.3) is 0 Å². The van der Waals surface area contributed by atoms with Crippen LogP contribution in [0.2, 0.25) is 0 Å². The summed E-state index contributed by atoms with van der Waals surface area (Å²) in [5, 5.41) is 0. The number of anilines is 1. The summed E-state index contributed by atoms with van der Waals surface area (Å²) in [4.78, 5) is -0.0307. The lowest BCUT2D eigenvalue weighted by molar-refractivity contribution is 0.594. The van der Waals surface area contributed by atoms with Crippen molar-refractivity contribution in [2.45, 2.75) is 30.4 Å². The standard InChI is InChI=1S/C16H18FNO2S/c1-11(2)13-5-3-12(4-6-13)10-21(19,20)16-8-7-14(17)9-15(16)18/h3-9,11H,10,18H2,1-2H3. The maximum atomic E-state index is 13.0. The monoisotopic (exact) mass is 307 g/mol. The van der Waals surface area contributed by atoms with Crippen molar-refractivity contribution in [3.8, 4) is 0 Å². The molecule has 0 heterocycles. The van der Waals surface area contributed by atoms with E-state index < -0.39 is 15.7 Å². The van der Waals surface area contributed by atoms with Gasteiger partial charge in [0.2, 0.25) is 0 Å². The zero-order chi connectivity index (χ0) is 15.6. The van der Waals surface area contributed by atoms with Crippen molar-refractivity contribution in [1.82, 2.24) is 0 Å². The molecule has 2 aromatic rings. The number of rotatable bonds is 4. The predicted octanol–water partition coefficient (Wildman–Crippen LogP) is 3.51. The van der Waals surface area contributed by atoms with Crippen molar-refractivity contribution in [2.75, 3.05) is 5.73 Å². The molecule has 5 heteroatoms. The topological polar surface area (TPSA) is 60.2 Å². The largest absolute Gasteiger partial charge is 0.398 e. The Labute approximate surface area is 124 Å². The summed E-state index contributed by atoms with van der Waals surface area (Å²) >= 11 is 0. The molecular weight excluding hydrogens is 289 g/mol. The zero-order valence-electron chi connectivity index (χ0n) is 12.0. The molecule has 21 heavy (non-hydrogen) atoms. The second kappa shape index (κ2) is 5.85. The second-order valence-electron chi connectivity index (χ2n) is 5.34. The lowest BCUT2D eigenvalue weighted by Crippen LogP contribution is -2.08. The van der Waals surface area contributed by atoms with E-state index in [-0.39, 0.29) is 16.3 Å². The Kier molecular flexibility index (Phi) is 4.32. The summed E-state index contributed by atoms with van der Waals surface area (Å²) in [6.45, 7) is 4.15. The van der Waals surface area contributed by atoms with Gasteiger partial charge < -0.3 is 5.73 Å². The summed E-state index contributed by atoms with van der Waals surface area (Å²) in [6, 6.07) is 10.8. The smallest absolute Gasteiger partial charge is 0.184 e. The third-order valence-corrected chi connectivity index (χ3v) is 5.07. The molecule has 3 nitrogen and oxygen atoms in total. The van der Waals surface area contributed by atoms with Gasteiger partial charge in [0, 0.05) is 0 Å². The number of hydrogen-bond acceptors (Lipinski definition) is 3. The number of hydrogen-bond donors (Lipinski definition) is 1. The molecule has 0 amide bonds. The van der Waals surface area contributed by atoms with E-state index in [1.165, 1.54) is 6.07 Å². The van der Waals surface area contributed by atoms with Gasteiger partial charge in [-0.2, -0.15) is 0 Å². The Bertz CT molecular complexity index is 737.